The molecule has 2 rings (SSSR count). The molecule has 0 fully saturated rings. The van der Waals surface area contributed by atoms with Crippen molar-refractivity contribution in [1.82, 2.24) is 5.32 Å². The summed E-state index contributed by atoms with van der Waals surface area (Å²) in [5, 5.41) is 13.9. The predicted octanol–water partition coefficient (Wildman–Crippen LogP) is 4.27. The lowest BCUT2D eigenvalue weighted by molar-refractivity contribution is -0.385. The number of rotatable bonds is 11. The van der Waals surface area contributed by atoms with Crippen LogP contribution in [0.1, 0.15) is 12.0 Å². The molecule has 0 aromatic heterocycles. The maximum absolute atomic E-state index is 12.8. The monoisotopic (exact) mass is 424 g/mol. The Kier molecular flexibility index (Phi) is 9.09. The molecule has 0 aliphatic heterocycles. The quantitative estimate of drug-likeness (QED) is 0.251. The van der Waals surface area contributed by atoms with E-state index >= 15 is 0 Å². The van der Waals surface area contributed by atoms with Crippen LogP contribution in [-0.2, 0) is 10.5 Å². The lowest BCUT2D eigenvalue weighted by atomic mass is 10.2. The van der Waals surface area contributed by atoms with Gasteiger partial charge in [0.2, 0.25) is 5.91 Å². The van der Waals surface area contributed by atoms with E-state index < -0.39 is 4.92 Å². The van der Waals surface area contributed by atoms with Crippen LogP contribution >= 0.6 is 23.5 Å². The second-order valence-corrected chi connectivity index (χ2v) is 7.92. The van der Waals surface area contributed by atoms with Crippen LogP contribution in [-0.4, -0.2) is 36.0 Å². The average Bonchev–Trinajstić information content (AvgIpc) is 2.69. The SMILES string of the molecule is COc1ccc(CSCC(=O)NCCCSc2ccc(F)cc2)cc1[N+](=O)[O-]. The number of nitrogens with zero attached hydrogens (tertiary/aromatic N) is 1. The Hall–Kier alpha value is -2.26. The van der Waals surface area contributed by atoms with Gasteiger partial charge < -0.3 is 10.1 Å². The van der Waals surface area contributed by atoms with Gasteiger partial charge in [-0.3, -0.25) is 14.9 Å². The molecule has 0 saturated carbocycles. The van der Waals surface area contributed by atoms with Gasteiger partial charge in [-0.1, -0.05) is 6.07 Å². The van der Waals surface area contributed by atoms with Crippen molar-refractivity contribution in [3.8, 4) is 5.75 Å². The lowest BCUT2D eigenvalue weighted by Crippen LogP contribution is -2.26. The van der Waals surface area contributed by atoms with E-state index in [1.54, 1.807) is 36.0 Å². The third-order valence-corrected chi connectivity index (χ3v) is 5.77. The second kappa shape index (κ2) is 11.6. The van der Waals surface area contributed by atoms with Gasteiger partial charge in [-0.15, -0.1) is 23.5 Å². The van der Waals surface area contributed by atoms with Crippen molar-refractivity contribution in [2.75, 3.05) is 25.2 Å². The minimum absolute atomic E-state index is 0.0696. The zero-order valence-corrected chi connectivity index (χ0v) is 17.0. The van der Waals surface area contributed by atoms with Crippen LogP contribution in [0.15, 0.2) is 47.4 Å². The largest absolute Gasteiger partial charge is 0.490 e. The summed E-state index contributed by atoms with van der Waals surface area (Å²) in [6.07, 6.45) is 0.809. The van der Waals surface area contributed by atoms with E-state index in [1.165, 1.54) is 37.1 Å². The summed E-state index contributed by atoms with van der Waals surface area (Å²) in [5.41, 5.74) is 0.685. The molecule has 28 heavy (non-hydrogen) atoms. The first-order chi connectivity index (χ1) is 13.5. The summed E-state index contributed by atoms with van der Waals surface area (Å²) >= 11 is 3.01. The van der Waals surface area contributed by atoms with Gasteiger partial charge in [0.1, 0.15) is 5.82 Å². The molecular weight excluding hydrogens is 403 g/mol. The number of carbonyl (C=O) groups excluding carboxylic acids is 1. The maximum Gasteiger partial charge on any atom is 0.311 e. The molecule has 0 atom stereocenters. The number of nitro benzene ring substituents is 1. The summed E-state index contributed by atoms with van der Waals surface area (Å²) in [7, 11) is 1.39. The van der Waals surface area contributed by atoms with Crippen molar-refractivity contribution >= 4 is 35.1 Å². The predicted molar refractivity (Wildman–Crippen MR) is 111 cm³/mol. The van der Waals surface area contributed by atoms with Crippen molar-refractivity contribution in [1.29, 1.82) is 0 Å². The van der Waals surface area contributed by atoms with E-state index in [0.717, 1.165) is 22.6 Å². The lowest BCUT2D eigenvalue weighted by Gasteiger charge is -2.07. The maximum atomic E-state index is 12.8. The normalized spacial score (nSPS) is 10.5. The molecule has 0 aliphatic rings. The number of ether oxygens (including phenoxy) is 1. The fourth-order valence-electron chi connectivity index (χ4n) is 2.30. The first-order valence-corrected chi connectivity index (χ1v) is 10.7. The first kappa shape index (κ1) is 22.0. The number of thioether (sulfide) groups is 2. The van der Waals surface area contributed by atoms with Gasteiger partial charge in [-0.25, -0.2) is 4.39 Å². The molecule has 2 aromatic carbocycles. The van der Waals surface area contributed by atoms with Crippen LogP contribution in [0.4, 0.5) is 10.1 Å². The number of nitrogens with one attached hydrogen (secondary N) is 1. The van der Waals surface area contributed by atoms with E-state index in [9.17, 15) is 19.3 Å². The van der Waals surface area contributed by atoms with Crippen molar-refractivity contribution in [3.05, 3.63) is 64.0 Å². The van der Waals surface area contributed by atoms with Gasteiger partial charge >= 0.3 is 5.69 Å². The molecule has 0 radical (unpaired) electrons. The summed E-state index contributed by atoms with van der Waals surface area (Å²) in [6, 6.07) is 11.1. The molecule has 9 heteroatoms. The Morgan fingerprint density at radius 1 is 1.25 bits per heavy atom. The van der Waals surface area contributed by atoms with Gasteiger partial charge in [0, 0.05) is 23.3 Å². The van der Waals surface area contributed by atoms with Crippen molar-refractivity contribution < 1.29 is 18.8 Å². The molecule has 2 aromatic rings. The van der Waals surface area contributed by atoms with E-state index in [2.05, 4.69) is 5.32 Å². The van der Waals surface area contributed by atoms with Crippen molar-refractivity contribution in [2.45, 2.75) is 17.1 Å². The van der Waals surface area contributed by atoms with Gasteiger partial charge in [0.05, 0.1) is 17.8 Å². The minimum Gasteiger partial charge on any atom is -0.490 e. The van der Waals surface area contributed by atoms with E-state index in [4.69, 9.17) is 4.74 Å². The molecule has 0 aliphatic carbocycles. The highest BCUT2D eigenvalue weighted by Gasteiger charge is 2.15. The average molecular weight is 425 g/mol. The standard InChI is InChI=1S/C19H21FN2O4S2/c1-26-18-8-3-14(11-17(18)22(24)25)12-27-13-19(23)21-9-2-10-28-16-6-4-15(20)5-7-16/h3-8,11H,2,9-10,12-13H2,1H3,(H,21,23). The number of halogens is 1. The Labute approximate surface area is 171 Å². The van der Waals surface area contributed by atoms with Gasteiger partial charge in [0.25, 0.3) is 0 Å². The van der Waals surface area contributed by atoms with Crippen molar-refractivity contribution in [3.63, 3.8) is 0 Å². The summed E-state index contributed by atoms with van der Waals surface area (Å²) < 4.78 is 17.8. The van der Waals surface area contributed by atoms with Crippen LogP contribution in [0.25, 0.3) is 0 Å². The fourth-order valence-corrected chi connectivity index (χ4v) is 3.96. The fraction of sp³-hybridized carbons (Fsp3) is 0.316. The zero-order chi connectivity index (χ0) is 20.4. The summed E-state index contributed by atoms with van der Waals surface area (Å²) in [4.78, 5) is 23.4. The molecular formula is C19H21FN2O4S2. The number of amides is 1. The number of nitro groups is 1. The van der Waals surface area contributed by atoms with Crippen LogP contribution in [0.5, 0.6) is 5.75 Å². The molecule has 0 spiro atoms. The highest BCUT2D eigenvalue weighted by molar-refractivity contribution is 7.99. The Bertz CT molecular complexity index is 803. The Balaban J connectivity index is 1.63. The molecule has 0 bridgehead atoms. The van der Waals surface area contributed by atoms with Crippen LogP contribution < -0.4 is 10.1 Å². The Morgan fingerprint density at radius 2 is 2.00 bits per heavy atom. The summed E-state index contributed by atoms with van der Waals surface area (Å²) in [5.74, 6) is 1.51. The third kappa shape index (κ3) is 7.40. The molecule has 1 amide bonds. The number of benzene rings is 2. The first-order valence-electron chi connectivity index (χ1n) is 8.53. The highest BCUT2D eigenvalue weighted by Crippen LogP contribution is 2.29. The zero-order valence-electron chi connectivity index (χ0n) is 15.4. The van der Waals surface area contributed by atoms with Crippen LogP contribution in [0, 0.1) is 15.9 Å². The molecule has 0 saturated heterocycles. The number of carbonyl (C=O) groups is 1. The molecule has 1 N–H and O–H groups in total. The van der Waals surface area contributed by atoms with Gasteiger partial charge in [0.15, 0.2) is 5.75 Å². The number of hydrogen-bond acceptors (Lipinski definition) is 6. The van der Waals surface area contributed by atoms with E-state index in [-0.39, 0.29) is 28.9 Å². The topological polar surface area (TPSA) is 81.5 Å². The molecule has 0 unspecified atom stereocenters. The highest BCUT2D eigenvalue weighted by atomic mass is 32.2. The second-order valence-electron chi connectivity index (χ2n) is 5.76. The number of hydrogen-bond donors (Lipinski definition) is 1. The van der Waals surface area contributed by atoms with Gasteiger partial charge in [-0.2, -0.15) is 0 Å². The van der Waals surface area contributed by atoms with E-state index in [0.29, 0.717) is 12.3 Å². The van der Waals surface area contributed by atoms with Crippen LogP contribution in [0.2, 0.25) is 0 Å². The molecule has 150 valence electrons. The third-order valence-electron chi connectivity index (χ3n) is 3.67. The molecule has 0 heterocycles. The molecule has 6 nitrogen and oxygen atoms in total. The Morgan fingerprint density at radius 3 is 2.68 bits per heavy atom. The van der Waals surface area contributed by atoms with Gasteiger partial charge in [-0.05, 0) is 48.1 Å². The van der Waals surface area contributed by atoms with Crippen LogP contribution in [0.3, 0.4) is 0 Å². The summed E-state index contributed by atoms with van der Waals surface area (Å²) in [6.45, 7) is 0.571. The number of methoxy groups -OCH3 is 1. The smallest absolute Gasteiger partial charge is 0.311 e. The van der Waals surface area contributed by atoms with Crippen molar-refractivity contribution in [2.24, 2.45) is 0 Å². The van der Waals surface area contributed by atoms with E-state index in [1.807, 2.05) is 0 Å². The minimum atomic E-state index is -0.482.